The first-order chi connectivity index (χ1) is 30.2. The SMILES string of the molecule is CC(C)(C)c1ccc(N2[C@@H](c3ccc([C@]4(C(N)=O)CCCN4C(=O)[C@@H](NC(=O)O)C(C)(C)C)cc3)CC[C@@H]2c2ccc([C@]3(C(N)=O)CCCN3C(=O)[C@@H](NC(=O)O)C(C)(C)C)cc2)cc1. The Morgan fingerprint density at radius 2 is 0.938 bits per heavy atom. The Hall–Kier alpha value is -6.12. The van der Waals surface area contributed by atoms with Crippen LogP contribution in [0.5, 0.6) is 0 Å². The Morgan fingerprint density at radius 1 is 0.585 bits per heavy atom. The Balaban J connectivity index is 1.36. The average molecular weight is 894 g/mol. The van der Waals surface area contributed by atoms with Crippen molar-refractivity contribution in [3.05, 3.63) is 101 Å². The Morgan fingerprint density at radius 3 is 1.23 bits per heavy atom. The number of amides is 6. The maximum absolute atomic E-state index is 14.2. The van der Waals surface area contributed by atoms with Gasteiger partial charge >= 0.3 is 12.2 Å². The van der Waals surface area contributed by atoms with E-state index >= 15 is 0 Å². The van der Waals surface area contributed by atoms with Gasteiger partial charge in [-0.1, -0.05) is 123 Å². The summed E-state index contributed by atoms with van der Waals surface area (Å²) in [5.74, 6) is -2.38. The molecule has 3 aromatic carbocycles. The van der Waals surface area contributed by atoms with Crippen molar-refractivity contribution in [1.82, 2.24) is 20.4 Å². The number of carboxylic acid groups (broad SMARTS) is 2. The molecule has 0 aromatic heterocycles. The van der Waals surface area contributed by atoms with Gasteiger partial charge in [0, 0.05) is 18.8 Å². The first kappa shape index (κ1) is 48.3. The second kappa shape index (κ2) is 17.7. The molecule has 3 aliphatic heterocycles. The number of benzene rings is 3. The smallest absolute Gasteiger partial charge is 0.405 e. The van der Waals surface area contributed by atoms with E-state index in [9.17, 15) is 39.0 Å². The second-order valence-electron chi connectivity index (χ2n) is 21.2. The third kappa shape index (κ3) is 9.11. The molecule has 15 nitrogen and oxygen atoms in total. The molecule has 3 heterocycles. The van der Waals surface area contributed by atoms with E-state index in [0.717, 1.165) is 29.7 Å². The van der Waals surface area contributed by atoms with Crippen LogP contribution in [0.4, 0.5) is 15.3 Å². The summed E-state index contributed by atoms with van der Waals surface area (Å²) in [7, 11) is 0. The highest BCUT2D eigenvalue weighted by molar-refractivity contribution is 5.96. The van der Waals surface area contributed by atoms with Crippen LogP contribution in [0.1, 0.15) is 141 Å². The molecule has 15 heteroatoms. The Kier molecular flexibility index (Phi) is 13.2. The van der Waals surface area contributed by atoms with Gasteiger partial charge in [-0.25, -0.2) is 9.59 Å². The normalized spacial score (nSPS) is 23.5. The van der Waals surface area contributed by atoms with Crippen molar-refractivity contribution in [2.45, 2.75) is 141 Å². The zero-order valence-electron chi connectivity index (χ0n) is 39.2. The number of carbonyl (C=O) groups excluding carboxylic acids is 4. The quantitative estimate of drug-likeness (QED) is 0.116. The Labute approximate surface area is 382 Å². The molecule has 0 saturated carbocycles. The van der Waals surface area contributed by atoms with Crippen molar-refractivity contribution in [3.63, 3.8) is 0 Å². The number of carbonyl (C=O) groups is 6. The fourth-order valence-corrected chi connectivity index (χ4v) is 10.4. The lowest BCUT2D eigenvalue weighted by atomic mass is 9.82. The molecule has 3 aliphatic rings. The minimum Gasteiger partial charge on any atom is -0.465 e. The summed E-state index contributed by atoms with van der Waals surface area (Å²) in [5, 5.41) is 24.0. The Bertz CT molecular complexity index is 2160. The summed E-state index contributed by atoms with van der Waals surface area (Å²) in [4.78, 5) is 84.3. The van der Waals surface area contributed by atoms with E-state index in [1.165, 1.54) is 15.4 Å². The van der Waals surface area contributed by atoms with Gasteiger partial charge in [0.2, 0.25) is 23.6 Å². The maximum atomic E-state index is 14.2. The summed E-state index contributed by atoms with van der Waals surface area (Å²) in [6, 6.07) is 21.5. The summed E-state index contributed by atoms with van der Waals surface area (Å²) in [5.41, 5.74) is 13.1. The van der Waals surface area contributed by atoms with Crippen molar-refractivity contribution in [2.75, 3.05) is 18.0 Å². The fourth-order valence-electron chi connectivity index (χ4n) is 10.4. The number of nitrogens with zero attached hydrogens (tertiary/aromatic N) is 3. The predicted molar refractivity (Wildman–Crippen MR) is 248 cm³/mol. The highest BCUT2D eigenvalue weighted by atomic mass is 16.4. The van der Waals surface area contributed by atoms with E-state index in [4.69, 9.17) is 11.5 Å². The number of anilines is 1. The molecule has 350 valence electrons. The molecule has 6 rings (SSSR count). The zero-order chi connectivity index (χ0) is 48.0. The largest absolute Gasteiger partial charge is 0.465 e. The third-order valence-electron chi connectivity index (χ3n) is 13.8. The van der Waals surface area contributed by atoms with Crippen molar-refractivity contribution < 1.29 is 39.0 Å². The number of primary amides is 2. The zero-order valence-corrected chi connectivity index (χ0v) is 39.2. The van der Waals surface area contributed by atoms with E-state index in [0.29, 0.717) is 36.8 Å². The van der Waals surface area contributed by atoms with Gasteiger partial charge in [0.25, 0.3) is 0 Å². The molecule has 65 heavy (non-hydrogen) atoms. The number of rotatable bonds is 11. The number of hydrogen-bond acceptors (Lipinski definition) is 7. The number of hydrogen-bond donors (Lipinski definition) is 6. The lowest BCUT2D eigenvalue weighted by molar-refractivity contribution is -0.147. The molecule has 6 atom stereocenters. The topological polar surface area (TPSA) is 229 Å². The molecule has 8 N–H and O–H groups in total. The average Bonchev–Trinajstić information content (AvgIpc) is 3.99. The van der Waals surface area contributed by atoms with Gasteiger partial charge < -0.3 is 47.0 Å². The van der Waals surface area contributed by atoms with Crippen LogP contribution in [-0.2, 0) is 35.7 Å². The highest BCUT2D eigenvalue weighted by Gasteiger charge is 2.54. The lowest BCUT2D eigenvalue weighted by Crippen LogP contribution is -2.61. The van der Waals surface area contributed by atoms with Crippen molar-refractivity contribution in [3.8, 4) is 0 Å². The first-order valence-electron chi connectivity index (χ1n) is 22.6. The molecular formula is C50H67N7O8. The van der Waals surface area contributed by atoms with Crippen LogP contribution in [0, 0.1) is 10.8 Å². The minimum atomic E-state index is -1.47. The fraction of sp³-hybridized carbons (Fsp3) is 0.520. The maximum Gasteiger partial charge on any atom is 0.405 e. The molecule has 3 aromatic rings. The first-order valence-corrected chi connectivity index (χ1v) is 22.6. The van der Waals surface area contributed by atoms with Gasteiger partial charge in [-0.05, 0) is 94.7 Å². The lowest BCUT2D eigenvalue weighted by Gasteiger charge is -2.41. The molecule has 0 radical (unpaired) electrons. The van der Waals surface area contributed by atoms with Gasteiger partial charge in [0.05, 0.1) is 12.1 Å². The van der Waals surface area contributed by atoms with E-state index in [2.05, 4.69) is 60.6 Å². The molecular weight excluding hydrogens is 827 g/mol. The van der Waals surface area contributed by atoms with Crippen molar-refractivity contribution in [2.24, 2.45) is 22.3 Å². The van der Waals surface area contributed by atoms with E-state index < -0.39 is 69.8 Å². The molecule has 3 saturated heterocycles. The molecule has 0 aliphatic carbocycles. The molecule has 3 fully saturated rings. The van der Waals surface area contributed by atoms with E-state index in [-0.39, 0.29) is 30.6 Å². The van der Waals surface area contributed by atoms with Crippen LogP contribution in [0.2, 0.25) is 0 Å². The van der Waals surface area contributed by atoms with Gasteiger partial charge in [-0.2, -0.15) is 0 Å². The van der Waals surface area contributed by atoms with Crippen LogP contribution < -0.4 is 27.0 Å². The highest BCUT2D eigenvalue weighted by Crippen LogP contribution is 2.49. The summed E-state index contributed by atoms with van der Waals surface area (Å²) < 4.78 is 0. The summed E-state index contributed by atoms with van der Waals surface area (Å²) >= 11 is 0. The molecule has 6 amide bonds. The molecule has 0 spiro atoms. The van der Waals surface area contributed by atoms with Crippen LogP contribution in [-0.4, -0.2) is 81.0 Å². The number of nitrogens with two attached hydrogens (primary N) is 2. The van der Waals surface area contributed by atoms with Gasteiger partial charge in [0.15, 0.2) is 0 Å². The van der Waals surface area contributed by atoms with E-state index in [1.54, 1.807) is 41.5 Å². The molecule has 0 bridgehead atoms. The van der Waals surface area contributed by atoms with Crippen LogP contribution in [0.3, 0.4) is 0 Å². The van der Waals surface area contributed by atoms with Crippen LogP contribution in [0.15, 0.2) is 72.8 Å². The molecule has 0 unspecified atom stereocenters. The van der Waals surface area contributed by atoms with Gasteiger partial charge in [-0.15, -0.1) is 0 Å². The van der Waals surface area contributed by atoms with Crippen LogP contribution in [0.25, 0.3) is 0 Å². The second-order valence-corrected chi connectivity index (χ2v) is 21.2. The number of nitrogens with one attached hydrogen (secondary N) is 2. The van der Waals surface area contributed by atoms with Gasteiger partial charge in [-0.3, -0.25) is 19.2 Å². The monoisotopic (exact) mass is 894 g/mol. The minimum absolute atomic E-state index is 0.0705. The summed E-state index contributed by atoms with van der Waals surface area (Å²) in [6.45, 7) is 17.6. The van der Waals surface area contributed by atoms with E-state index in [1.807, 2.05) is 48.5 Å². The van der Waals surface area contributed by atoms with Crippen LogP contribution >= 0.6 is 0 Å². The van der Waals surface area contributed by atoms with Gasteiger partial charge in [0.1, 0.15) is 23.2 Å². The van der Waals surface area contributed by atoms with Crippen molar-refractivity contribution >= 4 is 41.5 Å². The summed E-state index contributed by atoms with van der Waals surface area (Å²) in [6.07, 6.45) is 0.480. The predicted octanol–water partition coefficient (Wildman–Crippen LogP) is 7.04. The van der Waals surface area contributed by atoms with Crippen molar-refractivity contribution in [1.29, 1.82) is 0 Å². The third-order valence-corrected chi connectivity index (χ3v) is 13.8. The number of likely N-dealkylation sites (tertiary alicyclic amines) is 2. The standard InChI is InChI=1S/C50H67N7O8/c1-46(2,3)32-20-22-35(23-21-32)57-36(30-12-16-33(17-13-30)49(42(51)60)26-10-28-55(49)40(58)38(47(4,5)6)53-44(62)63)24-25-37(57)31-14-18-34(19-15-31)50(43(52)61)27-11-29-56(50)41(59)39(48(7,8)9)54-45(64)65/h12-23,36-39,53-54H,10-11,24-29H2,1-9H3,(H2,51,60)(H2,52,61)(H,62,63)(H,64,65)/t36-,37-,38-,39-,49+,50+/m1/s1.